The number of benzene rings is 2. The SMILES string of the molecule is CCC(=O)c1ccc(S(=O)(=O)Nc2cc(C)ccc2O)cc1. The number of nitrogens with one attached hydrogen (secondary N) is 1. The molecule has 22 heavy (non-hydrogen) atoms. The molecule has 0 aliphatic carbocycles. The van der Waals surface area contributed by atoms with Crippen molar-refractivity contribution in [2.75, 3.05) is 4.72 Å². The average Bonchev–Trinajstić information content (AvgIpc) is 2.50. The van der Waals surface area contributed by atoms with E-state index >= 15 is 0 Å². The van der Waals surface area contributed by atoms with Crippen molar-refractivity contribution in [3.05, 3.63) is 53.6 Å². The third-order valence-corrected chi connectivity index (χ3v) is 4.59. The molecular weight excluding hydrogens is 302 g/mol. The minimum Gasteiger partial charge on any atom is -0.506 e. The lowest BCUT2D eigenvalue weighted by Gasteiger charge is -2.10. The average molecular weight is 319 g/mol. The largest absolute Gasteiger partial charge is 0.506 e. The topological polar surface area (TPSA) is 83.5 Å². The first-order valence-corrected chi connectivity index (χ1v) is 8.27. The summed E-state index contributed by atoms with van der Waals surface area (Å²) in [6.45, 7) is 3.54. The number of Topliss-reactive ketones (excluding diaryl/α,β-unsaturated/α-hetero) is 1. The number of aromatic hydroxyl groups is 1. The number of carbonyl (C=O) groups is 1. The zero-order chi connectivity index (χ0) is 16.3. The number of hydrogen-bond donors (Lipinski definition) is 2. The van der Waals surface area contributed by atoms with Crippen LogP contribution in [-0.4, -0.2) is 19.3 Å². The number of rotatable bonds is 5. The summed E-state index contributed by atoms with van der Waals surface area (Å²) >= 11 is 0. The molecule has 2 rings (SSSR count). The summed E-state index contributed by atoms with van der Waals surface area (Å²) in [5, 5.41) is 9.72. The highest BCUT2D eigenvalue weighted by atomic mass is 32.2. The fourth-order valence-electron chi connectivity index (χ4n) is 1.96. The zero-order valence-corrected chi connectivity index (χ0v) is 13.1. The van der Waals surface area contributed by atoms with Crippen LogP contribution in [-0.2, 0) is 10.0 Å². The van der Waals surface area contributed by atoms with E-state index in [1.54, 1.807) is 26.0 Å². The van der Waals surface area contributed by atoms with Gasteiger partial charge in [0, 0.05) is 12.0 Å². The lowest BCUT2D eigenvalue weighted by atomic mass is 10.1. The number of sulfonamides is 1. The van der Waals surface area contributed by atoms with Gasteiger partial charge >= 0.3 is 0 Å². The second kappa shape index (κ2) is 6.19. The molecule has 6 heteroatoms. The van der Waals surface area contributed by atoms with Gasteiger partial charge in [-0.15, -0.1) is 0 Å². The minimum absolute atomic E-state index is 0.0288. The van der Waals surface area contributed by atoms with Gasteiger partial charge in [-0.2, -0.15) is 0 Å². The normalized spacial score (nSPS) is 11.2. The Bertz CT molecular complexity index is 795. The van der Waals surface area contributed by atoms with E-state index < -0.39 is 10.0 Å². The Morgan fingerprint density at radius 1 is 1.14 bits per heavy atom. The molecule has 0 fully saturated rings. The highest BCUT2D eigenvalue weighted by molar-refractivity contribution is 7.92. The second-order valence-corrected chi connectivity index (χ2v) is 6.61. The molecule has 2 aromatic carbocycles. The number of ketones is 1. The van der Waals surface area contributed by atoms with Crippen LogP contribution in [0.3, 0.4) is 0 Å². The Balaban J connectivity index is 2.30. The van der Waals surface area contributed by atoms with Gasteiger partial charge in [0.05, 0.1) is 10.6 Å². The quantitative estimate of drug-likeness (QED) is 0.655. The van der Waals surface area contributed by atoms with Crippen molar-refractivity contribution < 1.29 is 18.3 Å². The van der Waals surface area contributed by atoms with Crippen LogP contribution in [0.4, 0.5) is 5.69 Å². The highest BCUT2D eigenvalue weighted by Gasteiger charge is 2.16. The van der Waals surface area contributed by atoms with Crippen molar-refractivity contribution in [2.45, 2.75) is 25.2 Å². The molecule has 0 unspecified atom stereocenters. The highest BCUT2D eigenvalue weighted by Crippen LogP contribution is 2.26. The maximum Gasteiger partial charge on any atom is 0.262 e. The number of carbonyl (C=O) groups excluding carboxylic acids is 1. The van der Waals surface area contributed by atoms with E-state index in [9.17, 15) is 18.3 Å². The van der Waals surface area contributed by atoms with Crippen molar-refractivity contribution >= 4 is 21.5 Å². The van der Waals surface area contributed by atoms with Gasteiger partial charge in [-0.1, -0.05) is 25.1 Å². The molecule has 0 spiro atoms. The summed E-state index contributed by atoms with van der Waals surface area (Å²) in [7, 11) is -3.82. The predicted octanol–water partition coefficient (Wildman–Crippen LogP) is 3.09. The van der Waals surface area contributed by atoms with Gasteiger partial charge in [0.15, 0.2) is 5.78 Å². The lowest BCUT2D eigenvalue weighted by Crippen LogP contribution is -2.13. The Kier molecular flexibility index (Phi) is 4.51. The fourth-order valence-corrected chi connectivity index (χ4v) is 3.02. The Morgan fingerprint density at radius 2 is 1.77 bits per heavy atom. The molecule has 0 atom stereocenters. The van der Waals surface area contributed by atoms with E-state index in [4.69, 9.17) is 0 Å². The molecule has 0 saturated heterocycles. The molecule has 0 aliphatic heterocycles. The van der Waals surface area contributed by atoms with Gasteiger partial charge in [-0.05, 0) is 36.8 Å². The van der Waals surface area contributed by atoms with Crippen LogP contribution in [0.15, 0.2) is 47.4 Å². The molecule has 0 heterocycles. The third kappa shape index (κ3) is 3.46. The van der Waals surface area contributed by atoms with E-state index in [0.29, 0.717) is 12.0 Å². The molecule has 0 bridgehead atoms. The Hall–Kier alpha value is -2.34. The van der Waals surface area contributed by atoms with Crippen LogP contribution in [0.5, 0.6) is 5.75 Å². The number of anilines is 1. The molecule has 116 valence electrons. The third-order valence-electron chi connectivity index (χ3n) is 3.20. The number of aryl methyl sites for hydroxylation is 1. The second-order valence-electron chi connectivity index (χ2n) is 4.93. The van der Waals surface area contributed by atoms with Crippen LogP contribution in [0.1, 0.15) is 29.3 Å². The van der Waals surface area contributed by atoms with E-state index in [-0.39, 0.29) is 22.1 Å². The molecule has 2 N–H and O–H groups in total. The summed E-state index contributed by atoms with van der Waals surface area (Å²) in [6.07, 6.45) is 0.363. The van der Waals surface area contributed by atoms with Gasteiger partial charge < -0.3 is 5.11 Å². The van der Waals surface area contributed by atoms with Gasteiger partial charge in [-0.25, -0.2) is 8.42 Å². The monoisotopic (exact) mass is 319 g/mol. The molecule has 0 saturated carbocycles. The van der Waals surface area contributed by atoms with E-state index in [1.165, 1.54) is 30.3 Å². The summed E-state index contributed by atoms with van der Waals surface area (Å²) in [5.41, 5.74) is 1.41. The first-order chi connectivity index (χ1) is 10.3. The Labute approximate surface area is 129 Å². The van der Waals surface area contributed by atoms with Crippen molar-refractivity contribution in [1.82, 2.24) is 0 Å². The van der Waals surface area contributed by atoms with Crippen LogP contribution in [0.25, 0.3) is 0 Å². The number of phenols is 1. The van der Waals surface area contributed by atoms with Gasteiger partial charge in [0.1, 0.15) is 5.75 Å². The van der Waals surface area contributed by atoms with Crippen molar-refractivity contribution in [2.24, 2.45) is 0 Å². The lowest BCUT2D eigenvalue weighted by molar-refractivity contribution is 0.0988. The first kappa shape index (κ1) is 16.0. The summed E-state index contributed by atoms with van der Waals surface area (Å²) in [5.74, 6) is -0.194. The van der Waals surface area contributed by atoms with Gasteiger partial charge in [0.25, 0.3) is 10.0 Å². The Morgan fingerprint density at radius 3 is 2.36 bits per heavy atom. The van der Waals surface area contributed by atoms with Crippen LogP contribution >= 0.6 is 0 Å². The van der Waals surface area contributed by atoms with Crippen LogP contribution in [0.2, 0.25) is 0 Å². The molecule has 0 radical (unpaired) electrons. The van der Waals surface area contributed by atoms with E-state index in [2.05, 4.69) is 4.72 Å². The van der Waals surface area contributed by atoms with Crippen molar-refractivity contribution in [3.8, 4) is 5.75 Å². The summed E-state index contributed by atoms with van der Waals surface area (Å²) in [6, 6.07) is 10.4. The molecule has 0 aliphatic rings. The summed E-state index contributed by atoms with van der Waals surface area (Å²) in [4.78, 5) is 11.6. The molecule has 2 aromatic rings. The van der Waals surface area contributed by atoms with E-state index in [1.807, 2.05) is 0 Å². The van der Waals surface area contributed by atoms with Crippen molar-refractivity contribution in [3.63, 3.8) is 0 Å². The smallest absolute Gasteiger partial charge is 0.262 e. The standard InChI is InChI=1S/C16H17NO4S/c1-3-15(18)12-5-7-13(8-6-12)22(20,21)17-14-10-11(2)4-9-16(14)19/h4-10,17,19H,3H2,1-2H3. The van der Waals surface area contributed by atoms with Crippen LogP contribution < -0.4 is 4.72 Å². The van der Waals surface area contributed by atoms with Gasteiger partial charge in [0.2, 0.25) is 0 Å². The van der Waals surface area contributed by atoms with E-state index in [0.717, 1.165) is 5.56 Å². The minimum atomic E-state index is -3.82. The number of hydrogen-bond acceptors (Lipinski definition) is 4. The maximum atomic E-state index is 12.3. The zero-order valence-electron chi connectivity index (χ0n) is 12.3. The number of phenolic OH excluding ortho intramolecular Hbond substituents is 1. The summed E-state index contributed by atoms with van der Waals surface area (Å²) < 4.78 is 27.0. The molecule has 5 nitrogen and oxygen atoms in total. The fraction of sp³-hybridized carbons (Fsp3) is 0.188. The maximum absolute atomic E-state index is 12.3. The molecular formula is C16H17NO4S. The molecule has 0 amide bonds. The van der Waals surface area contributed by atoms with Crippen molar-refractivity contribution in [1.29, 1.82) is 0 Å². The first-order valence-electron chi connectivity index (χ1n) is 6.79. The van der Waals surface area contributed by atoms with Gasteiger partial charge in [-0.3, -0.25) is 9.52 Å². The molecule has 0 aromatic heterocycles. The van der Waals surface area contributed by atoms with Crippen LogP contribution in [0, 0.1) is 6.92 Å². The predicted molar refractivity (Wildman–Crippen MR) is 84.7 cm³/mol.